The van der Waals surface area contributed by atoms with Crippen molar-refractivity contribution in [3.8, 4) is 17.2 Å². The van der Waals surface area contributed by atoms with Gasteiger partial charge in [-0.15, -0.1) is 24.2 Å². The van der Waals surface area contributed by atoms with Gasteiger partial charge in [-0.3, -0.25) is 6.58 Å². The van der Waals surface area contributed by atoms with Gasteiger partial charge < -0.3 is 15.3 Å². The Bertz CT molecular complexity index is 1380. The van der Waals surface area contributed by atoms with E-state index < -0.39 is 0 Å². The predicted molar refractivity (Wildman–Crippen MR) is 186 cm³/mol. The number of benzene rings is 5. The third kappa shape index (κ3) is 22.7. The maximum atomic E-state index is 10.3. The van der Waals surface area contributed by atoms with Gasteiger partial charge in [-0.2, -0.15) is 6.08 Å². The molecule has 5 aromatic rings. The zero-order chi connectivity index (χ0) is 33.1. The van der Waals surface area contributed by atoms with Crippen molar-refractivity contribution >= 4 is 12.2 Å². The van der Waals surface area contributed by atoms with Crippen LogP contribution < -0.4 is 15.3 Å². The topological polar surface area (TPSA) is 69.2 Å². The maximum Gasteiger partial charge on any atom is 4.00 e. The van der Waals surface area contributed by atoms with E-state index in [2.05, 4.69) is 86.7 Å². The third-order valence-corrected chi connectivity index (χ3v) is 5.79. The first-order valence-corrected chi connectivity index (χ1v) is 14.6. The molecule has 5 aromatic carbocycles. The quantitative estimate of drug-likeness (QED) is 0.112. The van der Waals surface area contributed by atoms with Gasteiger partial charge >= 0.3 is 21.7 Å². The molecular formula is C42H42O3Ti. The summed E-state index contributed by atoms with van der Waals surface area (Å²) >= 11 is 0. The summed E-state index contributed by atoms with van der Waals surface area (Å²) in [5.41, 5.74) is 6.17. The van der Waals surface area contributed by atoms with Crippen LogP contribution in [0.1, 0.15) is 36.1 Å². The fraction of sp³-hybridized carbons (Fsp3) is 0.0952. The summed E-state index contributed by atoms with van der Waals surface area (Å²) in [4.78, 5) is 0. The number of allylic oxidation sites excluding steroid dienone is 5. The van der Waals surface area contributed by atoms with Gasteiger partial charge in [0.1, 0.15) is 0 Å². The zero-order valence-corrected chi connectivity index (χ0v) is 28.6. The Morgan fingerprint density at radius 3 is 0.957 bits per heavy atom. The summed E-state index contributed by atoms with van der Waals surface area (Å²) < 4.78 is 0. The minimum absolute atomic E-state index is 0. The molecule has 0 heterocycles. The molecule has 0 aliphatic carbocycles. The standard InChI is InChI=1S/C18H18.3C6H6O.C6H9.Ti/c1-15-7-11-17(12-8-15)5-3-4-6-18-13-9-16(2)10-14-18;3*7-6-4-2-1-3-5-6;1-4-6(3)5-2;/h3-14H,1-2H3;3*1-5,7H;1,4-5H,2-3H3;/q;;;;-1;+4/p-3. The molecule has 4 heteroatoms. The number of aryl methyl sites for hydroxylation is 2. The predicted octanol–water partition coefficient (Wildman–Crippen LogP) is 9.25. The fourth-order valence-corrected chi connectivity index (χ4v) is 3.05. The average molecular weight is 643 g/mol. The van der Waals surface area contributed by atoms with E-state index in [0.717, 1.165) is 5.57 Å². The molecule has 5 rings (SSSR count). The van der Waals surface area contributed by atoms with E-state index in [1.165, 1.54) is 58.7 Å². The summed E-state index contributed by atoms with van der Waals surface area (Å²) in [6.45, 7) is 13.2. The molecule has 0 N–H and O–H groups in total. The van der Waals surface area contributed by atoms with E-state index in [1.807, 2.05) is 38.1 Å². The number of hydrogen-bond donors (Lipinski definition) is 0. The Labute approximate surface area is 291 Å². The molecule has 3 nitrogen and oxygen atoms in total. The first-order chi connectivity index (χ1) is 21.7. The van der Waals surface area contributed by atoms with Crippen molar-refractivity contribution in [2.24, 2.45) is 0 Å². The van der Waals surface area contributed by atoms with Crippen molar-refractivity contribution in [3.05, 3.63) is 198 Å². The fourth-order valence-electron chi connectivity index (χ4n) is 3.05. The minimum Gasteiger partial charge on any atom is -0.872 e. The Kier molecular flexibility index (Phi) is 23.8. The molecule has 0 saturated carbocycles. The van der Waals surface area contributed by atoms with Crippen LogP contribution in [0.3, 0.4) is 0 Å². The molecule has 0 saturated heterocycles. The van der Waals surface area contributed by atoms with Crippen molar-refractivity contribution in [1.82, 2.24) is 0 Å². The van der Waals surface area contributed by atoms with Crippen molar-refractivity contribution in [2.75, 3.05) is 0 Å². The molecule has 46 heavy (non-hydrogen) atoms. The Morgan fingerprint density at radius 1 is 0.500 bits per heavy atom. The first-order valence-electron chi connectivity index (χ1n) is 14.6. The average Bonchev–Trinajstić information content (AvgIpc) is 3.07. The van der Waals surface area contributed by atoms with Gasteiger partial charge in [0.05, 0.1) is 0 Å². The van der Waals surface area contributed by atoms with Gasteiger partial charge in [0.25, 0.3) is 0 Å². The molecule has 0 radical (unpaired) electrons. The Hall–Kier alpha value is -4.83. The summed E-state index contributed by atoms with van der Waals surface area (Å²) in [6.07, 6.45) is 11.9. The van der Waals surface area contributed by atoms with Crippen molar-refractivity contribution < 1.29 is 37.0 Å². The molecule has 0 aromatic heterocycles. The van der Waals surface area contributed by atoms with Crippen LogP contribution in [-0.2, 0) is 21.7 Å². The van der Waals surface area contributed by atoms with Crippen LogP contribution in [0.25, 0.3) is 12.2 Å². The SMILES string of the molecule is Cc1ccc(C=CC=Cc2ccc(C)cc2)cc1.[CH-]=CC(C)=CC.[O-]c1ccccc1.[O-]c1ccccc1.[O-]c1ccccc1.[Ti+4]. The van der Waals surface area contributed by atoms with Crippen molar-refractivity contribution in [2.45, 2.75) is 27.7 Å². The van der Waals surface area contributed by atoms with Crippen LogP contribution in [0.4, 0.5) is 0 Å². The van der Waals surface area contributed by atoms with Gasteiger partial charge in [-0.1, -0.05) is 182 Å². The smallest absolute Gasteiger partial charge is 0.872 e. The number of hydrogen-bond acceptors (Lipinski definition) is 3. The molecule has 0 aliphatic rings. The summed E-state index contributed by atoms with van der Waals surface area (Å²) in [5.74, 6) is 0.215. The van der Waals surface area contributed by atoms with Crippen LogP contribution >= 0.6 is 0 Å². The molecule has 0 atom stereocenters. The van der Waals surface area contributed by atoms with Gasteiger partial charge in [0.15, 0.2) is 0 Å². The second kappa shape index (κ2) is 26.6. The normalized spacial score (nSPS) is 9.87. The van der Waals surface area contributed by atoms with E-state index in [1.54, 1.807) is 42.5 Å². The Morgan fingerprint density at radius 2 is 0.783 bits per heavy atom. The van der Waals surface area contributed by atoms with E-state index in [9.17, 15) is 15.3 Å². The van der Waals surface area contributed by atoms with Crippen molar-refractivity contribution in [3.63, 3.8) is 0 Å². The molecule has 0 unspecified atom stereocenters. The first kappa shape index (κ1) is 41.2. The second-order valence-corrected chi connectivity index (χ2v) is 9.68. The number of para-hydroxylation sites is 3. The minimum atomic E-state index is 0. The van der Waals surface area contributed by atoms with Gasteiger partial charge in [-0.25, -0.2) is 11.6 Å². The Balaban J connectivity index is 0.000000604. The van der Waals surface area contributed by atoms with Gasteiger partial charge in [0.2, 0.25) is 0 Å². The number of rotatable bonds is 4. The van der Waals surface area contributed by atoms with E-state index in [0.29, 0.717) is 0 Å². The summed E-state index contributed by atoms with van der Waals surface area (Å²) in [5, 5.41) is 30.8. The van der Waals surface area contributed by atoms with Gasteiger partial charge in [-0.05, 0) is 25.0 Å². The molecule has 0 spiro atoms. The van der Waals surface area contributed by atoms with E-state index >= 15 is 0 Å². The molecule has 0 aliphatic heterocycles. The third-order valence-electron chi connectivity index (χ3n) is 5.79. The molecule has 0 bridgehead atoms. The van der Waals surface area contributed by atoms with Crippen LogP contribution in [0.5, 0.6) is 17.2 Å². The zero-order valence-electron chi connectivity index (χ0n) is 27.0. The molecular weight excluding hydrogens is 600 g/mol. The second-order valence-electron chi connectivity index (χ2n) is 9.68. The maximum absolute atomic E-state index is 10.3. The van der Waals surface area contributed by atoms with Gasteiger partial charge in [0, 0.05) is 0 Å². The molecule has 0 amide bonds. The van der Waals surface area contributed by atoms with Crippen LogP contribution in [0.15, 0.2) is 169 Å². The van der Waals surface area contributed by atoms with E-state index in [-0.39, 0.29) is 39.0 Å². The van der Waals surface area contributed by atoms with Crippen LogP contribution in [-0.4, -0.2) is 0 Å². The van der Waals surface area contributed by atoms with Crippen molar-refractivity contribution in [1.29, 1.82) is 0 Å². The largest absolute Gasteiger partial charge is 4.00 e. The monoisotopic (exact) mass is 642 g/mol. The van der Waals surface area contributed by atoms with E-state index in [4.69, 9.17) is 6.58 Å². The summed E-state index contributed by atoms with van der Waals surface area (Å²) in [7, 11) is 0. The van der Waals surface area contributed by atoms with Crippen LogP contribution in [0, 0.1) is 20.4 Å². The molecule has 232 valence electrons. The molecule has 0 fully saturated rings. The van der Waals surface area contributed by atoms with Crippen LogP contribution in [0.2, 0.25) is 0 Å². The summed E-state index contributed by atoms with van der Waals surface area (Å²) in [6, 6.07) is 42.0.